The number of aliphatic hydroxyl groups excluding tert-OH is 1. The number of amides is 5. The van der Waals surface area contributed by atoms with Crippen LogP contribution in [0.1, 0.15) is 82.0 Å². The topological polar surface area (TPSA) is 232 Å². The predicted octanol–water partition coefficient (Wildman–Crippen LogP) is 0.736. The van der Waals surface area contributed by atoms with Gasteiger partial charge in [0.25, 0.3) is 23.6 Å². The summed E-state index contributed by atoms with van der Waals surface area (Å²) in [5, 5.41) is 11.1. The van der Waals surface area contributed by atoms with Crippen LogP contribution in [0.15, 0.2) is 61.3 Å². The van der Waals surface area contributed by atoms with E-state index in [0.29, 0.717) is 47.7 Å². The number of carbonyl (C=O) groups is 5. The standard InChI is InChI=1S/2C13H14N2O3.C4H12N2.Al.B.H4N2.HN/c1-3-9(2)14(8-16)15-12(17)10-6-4-5-7-11(10)13(15)18;1-2-14(9-16)7-8-15-12(17)10-5-3-4-6-11(10)13(15)18;1-3-4(2)6-5;;;1-2;/h4-9H,3H2,1-2H3;2-6,16H,1,7-9H2;4,6H,3,5H2,1-2H3;;;1-2H2;1H. The number of nitrogens with zero attached hydrogens (tertiary/aromatic N) is 4. The van der Waals surface area contributed by atoms with Gasteiger partial charge in [0.05, 0.1) is 28.3 Å². The molecule has 2 unspecified atom stereocenters. The Labute approximate surface area is 286 Å². The number of aliphatic hydroxyl groups is 1. The first kappa shape index (κ1) is 45.1. The zero-order valence-corrected chi connectivity index (χ0v) is 28.5. The van der Waals surface area contributed by atoms with E-state index < -0.39 is 11.8 Å². The van der Waals surface area contributed by atoms with Crippen molar-refractivity contribution in [2.45, 2.75) is 52.6 Å². The number of carbonyl (C=O) groups excluding carboxylic acids is 5. The zero-order valence-electron chi connectivity index (χ0n) is 27.3. The Hall–Kier alpha value is -4.07. The van der Waals surface area contributed by atoms with Gasteiger partial charge in [-0.25, -0.2) is 5.01 Å². The van der Waals surface area contributed by atoms with Crippen LogP contribution in [0.5, 0.6) is 0 Å². The number of nitrogens with one attached hydrogen (secondary N) is 2. The number of fused-ring (bicyclic) bond motifs is 2. The maximum atomic E-state index is 12.1. The van der Waals surface area contributed by atoms with Gasteiger partial charge in [-0.15, -0.1) is 0 Å². The van der Waals surface area contributed by atoms with E-state index >= 15 is 0 Å². The normalized spacial score (nSPS) is 13.3. The molecule has 0 fully saturated rings. The van der Waals surface area contributed by atoms with E-state index in [-0.39, 0.29) is 39.5 Å². The molecule has 0 aromatic heterocycles. The van der Waals surface area contributed by atoms with Gasteiger partial charge >= 0.3 is 20.4 Å². The summed E-state index contributed by atoms with van der Waals surface area (Å²) < 4.78 is 5.67. The van der Waals surface area contributed by atoms with E-state index in [1.807, 2.05) is 13.8 Å². The summed E-state index contributed by atoms with van der Waals surface area (Å²) in [4.78, 5) is 62.1. The molecule has 9 N–H and O–H groups in total. The van der Waals surface area contributed by atoms with E-state index in [1.165, 1.54) is 16.0 Å². The number of imide groups is 2. The second kappa shape index (κ2) is 24.1. The maximum absolute atomic E-state index is 12.1. The fourth-order valence-electron chi connectivity index (χ4n) is 3.93. The van der Waals surface area contributed by atoms with Crippen molar-refractivity contribution in [3.8, 4) is 0 Å². The van der Waals surface area contributed by atoms with Crippen LogP contribution in [0.25, 0.3) is 0 Å². The third-order valence-corrected chi connectivity index (χ3v) is 6.98. The molecule has 5 amide bonds. The second-order valence-corrected chi connectivity index (χ2v) is 9.63. The van der Waals surface area contributed by atoms with E-state index in [0.717, 1.165) is 16.4 Å². The van der Waals surface area contributed by atoms with Gasteiger partial charge in [0, 0.05) is 27.5 Å². The Morgan fingerprint density at radius 3 is 1.57 bits per heavy atom. The van der Waals surface area contributed by atoms with Gasteiger partial charge in [0.15, 0.2) is 0 Å². The molecule has 47 heavy (non-hydrogen) atoms. The SMILES string of the molecule is C=CN(CO)CCN1C(=O)c2ccccc2C1=O.CCC(C)N(C=O)N1C(=O)c2ccccc2C1=O.CCC(C)NN.NN.[B].[NH]=[Al]. The number of hydrazine groups is 3. The summed E-state index contributed by atoms with van der Waals surface area (Å²) in [6.45, 7) is 11.8. The molecular weight excluding hydrogens is 620 g/mol. The van der Waals surface area contributed by atoms with Crippen LogP contribution in [0, 0.1) is 4.35 Å². The van der Waals surface area contributed by atoms with Crippen molar-refractivity contribution >= 4 is 54.5 Å². The molecule has 0 aliphatic carbocycles. The molecule has 2 heterocycles. The number of hydrogen-bond acceptors (Lipinski definition) is 12. The fraction of sp³-hybridized carbons (Fsp3) is 0.367. The Kier molecular flexibility index (Phi) is 23.1. The first-order chi connectivity index (χ1) is 22.1. The molecule has 2 atom stereocenters. The van der Waals surface area contributed by atoms with Crippen LogP contribution in [-0.2, 0) is 4.79 Å². The van der Waals surface area contributed by atoms with E-state index in [4.69, 9.17) is 15.3 Å². The zero-order chi connectivity index (χ0) is 35.4. The molecule has 0 bridgehead atoms. The predicted molar refractivity (Wildman–Crippen MR) is 180 cm³/mol. The molecule has 2 aromatic rings. The summed E-state index contributed by atoms with van der Waals surface area (Å²) in [5.41, 5.74) is 4.19. The summed E-state index contributed by atoms with van der Waals surface area (Å²) in [7, 11) is 0. The third kappa shape index (κ3) is 11.9. The number of nitrogens with two attached hydrogens (primary N) is 3. The van der Waals surface area contributed by atoms with Crippen LogP contribution in [0.4, 0.5) is 0 Å². The quantitative estimate of drug-likeness (QED) is 0.0489. The first-order valence-corrected chi connectivity index (χ1v) is 14.9. The van der Waals surface area contributed by atoms with E-state index in [9.17, 15) is 24.0 Å². The van der Waals surface area contributed by atoms with Crippen LogP contribution in [0.3, 0.4) is 0 Å². The summed E-state index contributed by atoms with van der Waals surface area (Å²) in [6.07, 6.45) is 3.75. The Bertz CT molecular complexity index is 1250. The van der Waals surface area contributed by atoms with Gasteiger partial charge in [-0.1, -0.05) is 44.7 Å². The minimum atomic E-state index is -0.442. The summed E-state index contributed by atoms with van der Waals surface area (Å²) in [6, 6.07) is 13.6. The van der Waals surface area contributed by atoms with Gasteiger partial charge in [0.2, 0.25) is 6.41 Å². The molecular formula is C30H45AlBN9O6. The fourth-order valence-corrected chi connectivity index (χ4v) is 3.93. The molecule has 252 valence electrons. The van der Waals surface area contributed by atoms with Crippen molar-refractivity contribution in [1.82, 2.24) is 25.2 Å². The molecule has 0 saturated carbocycles. The van der Waals surface area contributed by atoms with Crippen molar-refractivity contribution in [1.29, 1.82) is 4.35 Å². The summed E-state index contributed by atoms with van der Waals surface area (Å²) >= 11 is 1.67. The average molecular weight is 666 g/mol. The summed E-state index contributed by atoms with van der Waals surface area (Å²) in [5.74, 6) is 11.6. The van der Waals surface area contributed by atoms with Crippen LogP contribution in [0.2, 0.25) is 0 Å². The Balaban J connectivity index is 0. The molecule has 2 aliphatic rings. The van der Waals surface area contributed by atoms with Crippen molar-refractivity contribution in [3.05, 3.63) is 83.6 Å². The van der Waals surface area contributed by atoms with Gasteiger partial charge in [-0.2, -0.15) is 5.01 Å². The van der Waals surface area contributed by atoms with E-state index in [2.05, 4.69) is 30.6 Å². The second-order valence-electron chi connectivity index (χ2n) is 9.63. The molecule has 4 rings (SSSR count). The van der Waals surface area contributed by atoms with Gasteiger partial charge in [0.1, 0.15) is 6.73 Å². The van der Waals surface area contributed by atoms with Gasteiger partial charge < -0.3 is 10.0 Å². The number of hydrogen-bond donors (Lipinski definition) is 6. The number of benzene rings is 2. The van der Waals surface area contributed by atoms with Crippen molar-refractivity contribution < 1.29 is 29.1 Å². The molecule has 0 saturated heterocycles. The monoisotopic (exact) mass is 665 g/mol. The molecule has 17 heteroatoms. The molecule has 4 radical (unpaired) electrons. The molecule has 2 aromatic carbocycles. The Morgan fingerprint density at radius 1 is 0.894 bits per heavy atom. The van der Waals surface area contributed by atoms with Crippen LogP contribution >= 0.6 is 0 Å². The van der Waals surface area contributed by atoms with Crippen LogP contribution in [-0.4, -0.2) is 111 Å². The van der Waals surface area contributed by atoms with E-state index in [1.54, 1.807) is 71.6 Å². The molecule has 15 nitrogen and oxygen atoms in total. The van der Waals surface area contributed by atoms with Crippen molar-refractivity contribution in [2.75, 3.05) is 19.8 Å². The van der Waals surface area contributed by atoms with Crippen molar-refractivity contribution in [3.63, 3.8) is 0 Å². The first-order valence-electron chi connectivity index (χ1n) is 14.3. The molecule has 0 spiro atoms. The number of rotatable bonds is 11. The molecule has 2 aliphatic heterocycles. The minimum absolute atomic E-state index is 0. The Morgan fingerprint density at radius 2 is 1.30 bits per heavy atom. The van der Waals surface area contributed by atoms with Gasteiger partial charge in [-0.3, -0.25) is 51.8 Å². The van der Waals surface area contributed by atoms with Crippen LogP contribution < -0.4 is 23.0 Å². The third-order valence-electron chi connectivity index (χ3n) is 6.98. The van der Waals surface area contributed by atoms with Gasteiger partial charge in [-0.05, 0) is 57.2 Å². The van der Waals surface area contributed by atoms with Crippen molar-refractivity contribution in [2.24, 2.45) is 17.5 Å². The average Bonchev–Trinajstić information content (AvgIpc) is 3.51.